The van der Waals surface area contributed by atoms with E-state index in [0.717, 1.165) is 12.2 Å². The molecule has 0 aliphatic heterocycles. The molecule has 2 N–H and O–H groups in total. The summed E-state index contributed by atoms with van der Waals surface area (Å²) in [5.41, 5.74) is 1.07. The molecule has 1 aromatic heterocycles. The molecule has 13 heavy (non-hydrogen) atoms. The van der Waals surface area contributed by atoms with Gasteiger partial charge in [-0.15, -0.1) is 0 Å². The lowest BCUT2D eigenvalue weighted by Crippen LogP contribution is -2.28. The van der Waals surface area contributed by atoms with Gasteiger partial charge in [0, 0.05) is 23.9 Å². The first-order valence-electron chi connectivity index (χ1n) is 4.44. The minimum atomic E-state index is -0.0821. The summed E-state index contributed by atoms with van der Waals surface area (Å²) in [6, 6.07) is 0. The molecule has 0 radical (unpaired) electrons. The number of hydrogen-bond acceptors (Lipinski definition) is 3. The smallest absolute Gasteiger partial charge is 0.0948 e. The van der Waals surface area contributed by atoms with Crippen LogP contribution in [0.2, 0.25) is 0 Å². The van der Waals surface area contributed by atoms with Crippen LogP contribution in [0.25, 0.3) is 0 Å². The zero-order valence-electron chi connectivity index (χ0n) is 8.45. The van der Waals surface area contributed by atoms with Crippen LogP contribution < -0.4 is 5.90 Å². The molecule has 0 saturated carbocycles. The van der Waals surface area contributed by atoms with E-state index in [-0.39, 0.29) is 5.41 Å². The molecule has 0 saturated heterocycles. The van der Waals surface area contributed by atoms with Crippen LogP contribution in [0.1, 0.15) is 26.5 Å². The second-order valence-electron chi connectivity index (χ2n) is 3.76. The minimum absolute atomic E-state index is 0.0821. The quantitative estimate of drug-likeness (QED) is 0.710. The second-order valence-corrected chi connectivity index (χ2v) is 3.76. The third kappa shape index (κ3) is 2.08. The predicted octanol–water partition coefficient (Wildman–Crippen LogP) is 1.07. The van der Waals surface area contributed by atoms with Crippen LogP contribution in [0.3, 0.4) is 0 Å². The molecule has 0 amide bonds. The first kappa shape index (κ1) is 10.2. The maximum atomic E-state index is 5.08. The van der Waals surface area contributed by atoms with E-state index in [1.54, 1.807) is 0 Å². The number of hydrogen-bond donors (Lipinski definition) is 1. The van der Waals surface area contributed by atoms with E-state index in [0.29, 0.717) is 6.61 Å². The highest BCUT2D eigenvalue weighted by Gasteiger charge is 2.24. The van der Waals surface area contributed by atoms with Crippen molar-refractivity contribution >= 4 is 0 Å². The molecule has 74 valence electrons. The maximum Gasteiger partial charge on any atom is 0.0948 e. The largest absolute Gasteiger partial charge is 0.334 e. The van der Waals surface area contributed by atoms with Crippen molar-refractivity contribution in [2.75, 3.05) is 6.61 Å². The van der Waals surface area contributed by atoms with E-state index in [2.05, 4.69) is 35.2 Å². The van der Waals surface area contributed by atoms with E-state index in [1.807, 2.05) is 12.5 Å². The monoisotopic (exact) mass is 183 g/mol. The third-order valence-corrected chi connectivity index (χ3v) is 2.19. The van der Waals surface area contributed by atoms with Crippen LogP contribution in [0.5, 0.6) is 0 Å². The van der Waals surface area contributed by atoms with Gasteiger partial charge in [-0.2, -0.15) is 0 Å². The van der Waals surface area contributed by atoms with Gasteiger partial charge in [-0.3, -0.25) is 0 Å². The molecular formula is C9H17N3O. The highest BCUT2D eigenvalue weighted by molar-refractivity contribution is 5.12. The summed E-state index contributed by atoms with van der Waals surface area (Å²) in [7, 11) is 0. The fraction of sp³-hybridized carbons (Fsp3) is 0.667. The molecule has 1 aromatic rings. The molecule has 0 bridgehead atoms. The van der Waals surface area contributed by atoms with Crippen molar-refractivity contribution in [2.24, 2.45) is 5.90 Å². The number of rotatable bonds is 4. The van der Waals surface area contributed by atoms with Crippen molar-refractivity contribution in [3.8, 4) is 0 Å². The summed E-state index contributed by atoms with van der Waals surface area (Å²) in [5.74, 6) is 5.08. The van der Waals surface area contributed by atoms with Gasteiger partial charge in [0.15, 0.2) is 0 Å². The van der Waals surface area contributed by atoms with Crippen molar-refractivity contribution < 1.29 is 4.84 Å². The fourth-order valence-electron chi connectivity index (χ4n) is 1.42. The molecule has 4 heteroatoms. The lowest BCUT2D eigenvalue weighted by Gasteiger charge is -2.24. The summed E-state index contributed by atoms with van der Waals surface area (Å²) in [4.78, 5) is 8.80. The minimum Gasteiger partial charge on any atom is -0.334 e. The number of nitrogens with two attached hydrogens (primary N) is 1. The summed E-state index contributed by atoms with van der Waals surface area (Å²) in [5, 5.41) is 0. The number of imidazole rings is 1. The summed E-state index contributed by atoms with van der Waals surface area (Å²) in [6.07, 6.45) is 3.69. The Morgan fingerprint density at radius 3 is 2.85 bits per heavy atom. The van der Waals surface area contributed by atoms with E-state index in [1.165, 1.54) is 0 Å². The summed E-state index contributed by atoms with van der Waals surface area (Å²) in [6.45, 7) is 7.68. The Labute approximate surface area is 78.7 Å². The molecular weight excluding hydrogens is 166 g/mol. The zero-order valence-corrected chi connectivity index (χ0v) is 8.45. The van der Waals surface area contributed by atoms with Crippen molar-refractivity contribution in [1.82, 2.24) is 9.55 Å². The van der Waals surface area contributed by atoms with Crippen LogP contribution in [-0.4, -0.2) is 16.2 Å². The summed E-state index contributed by atoms with van der Waals surface area (Å²) < 4.78 is 2.10. The Morgan fingerprint density at radius 2 is 2.31 bits per heavy atom. The van der Waals surface area contributed by atoms with Crippen LogP contribution in [0.4, 0.5) is 0 Å². The van der Waals surface area contributed by atoms with Crippen LogP contribution in [0, 0.1) is 0 Å². The SMILES string of the molecule is CCn1cncc1C(C)(C)CON. The second kappa shape index (κ2) is 3.89. The molecule has 0 fully saturated rings. The zero-order chi connectivity index (χ0) is 9.90. The average Bonchev–Trinajstić information content (AvgIpc) is 2.51. The predicted molar refractivity (Wildman–Crippen MR) is 51.1 cm³/mol. The van der Waals surface area contributed by atoms with E-state index in [4.69, 9.17) is 5.90 Å². The van der Waals surface area contributed by atoms with Crippen LogP contribution in [0.15, 0.2) is 12.5 Å². The maximum absolute atomic E-state index is 5.08. The van der Waals surface area contributed by atoms with E-state index in [9.17, 15) is 0 Å². The highest BCUT2D eigenvalue weighted by atomic mass is 16.6. The lowest BCUT2D eigenvalue weighted by atomic mass is 9.91. The molecule has 0 atom stereocenters. The van der Waals surface area contributed by atoms with Crippen molar-refractivity contribution in [1.29, 1.82) is 0 Å². The van der Waals surface area contributed by atoms with E-state index >= 15 is 0 Å². The molecule has 0 aromatic carbocycles. The first-order chi connectivity index (χ1) is 6.11. The number of aromatic nitrogens is 2. The molecule has 0 unspecified atom stereocenters. The molecule has 4 nitrogen and oxygen atoms in total. The normalized spacial score (nSPS) is 12.0. The van der Waals surface area contributed by atoms with Crippen molar-refractivity contribution in [3.05, 3.63) is 18.2 Å². The Bertz CT molecular complexity index is 268. The number of aryl methyl sites for hydroxylation is 1. The Morgan fingerprint density at radius 1 is 1.62 bits per heavy atom. The van der Waals surface area contributed by atoms with Gasteiger partial charge >= 0.3 is 0 Å². The standard InChI is InChI=1S/C9H17N3O/c1-4-12-7-11-5-8(12)9(2,3)6-13-10/h5,7H,4,6,10H2,1-3H3. The van der Waals surface area contributed by atoms with Crippen LogP contribution in [-0.2, 0) is 16.8 Å². The Kier molecular flexibility index (Phi) is 3.06. The molecule has 0 aliphatic rings. The van der Waals surface area contributed by atoms with Gasteiger partial charge in [0.1, 0.15) is 0 Å². The summed E-state index contributed by atoms with van der Waals surface area (Å²) >= 11 is 0. The highest BCUT2D eigenvalue weighted by Crippen LogP contribution is 2.22. The van der Waals surface area contributed by atoms with Gasteiger partial charge in [0.25, 0.3) is 0 Å². The topological polar surface area (TPSA) is 53.1 Å². The first-order valence-corrected chi connectivity index (χ1v) is 4.44. The fourth-order valence-corrected chi connectivity index (χ4v) is 1.42. The molecule has 1 heterocycles. The van der Waals surface area contributed by atoms with Gasteiger partial charge in [-0.05, 0) is 6.92 Å². The van der Waals surface area contributed by atoms with Gasteiger partial charge in [0.05, 0.1) is 12.9 Å². The molecule has 0 spiro atoms. The van der Waals surface area contributed by atoms with Gasteiger partial charge in [0.2, 0.25) is 0 Å². The lowest BCUT2D eigenvalue weighted by molar-refractivity contribution is 0.0936. The van der Waals surface area contributed by atoms with E-state index < -0.39 is 0 Å². The average molecular weight is 183 g/mol. The van der Waals surface area contributed by atoms with Gasteiger partial charge < -0.3 is 9.40 Å². The van der Waals surface area contributed by atoms with Gasteiger partial charge in [-0.25, -0.2) is 10.9 Å². The molecule has 0 aliphatic carbocycles. The third-order valence-electron chi connectivity index (χ3n) is 2.19. The van der Waals surface area contributed by atoms with Crippen molar-refractivity contribution in [3.63, 3.8) is 0 Å². The Hall–Kier alpha value is -0.870. The van der Waals surface area contributed by atoms with Gasteiger partial charge in [-0.1, -0.05) is 13.8 Å². The molecule has 1 rings (SSSR count). The van der Waals surface area contributed by atoms with Crippen molar-refractivity contribution in [2.45, 2.75) is 32.7 Å². The van der Waals surface area contributed by atoms with Crippen LogP contribution >= 0.6 is 0 Å². The Balaban J connectivity index is 2.91. The number of nitrogens with zero attached hydrogens (tertiary/aromatic N) is 2.